The van der Waals surface area contributed by atoms with Crippen molar-refractivity contribution in [3.8, 4) is 11.1 Å². The molecule has 5 rings (SSSR count). The molecule has 0 aliphatic rings. The van der Waals surface area contributed by atoms with Crippen molar-refractivity contribution in [2.45, 2.75) is 19.9 Å². The fraction of sp³-hybridized carbons (Fsp3) is 0.103. The predicted molar refractivity (Wildman–Crippen MR) is 138 cm³/mol. The Labute approximate surface area is 198 Å². The van der Waals surface area contributed by atoms with Gasteiger partial charge in [0.15, 0.2) is 5.13 Å². The van der Waals surface area contributed by atoms with Gasteiger partial charge < -0.3 is 0 Å². The van der Waals surface area contributed by atoms with E-state index in [0.29, 0.717) is 13.0 Å². The monoisotopic (exact) mass is 448 g/mol. The number of nitrogens with zero attached hydrogens (tertiary/aromatic N) is 2. The minimum absolute atomic E-state index is 0.0445. The van der Waals surface area contributed by atoms with Crippen molar-refractivity contribution in [3.05, 3.63) is 120 Å². The van der Waals surface area contributed by atoms with E-state index in [0.717, 1.165) is 37.6 Å². The van der Waals surface area contributed by atoms with Crippen LogP contribution < -0.4 is 4.90 Å². The summed E-state index contributed by atoms with van der Waals surface area (Å²) in [5.41, 5.74) is 6.49. The molecule has 3 nitrogen and oxygen atoms in total. The summed E-state index contributed by atoms with van der Waals surface area (Å²) in [6.45, 7) is 2.56. The maximum atomic E-state index is 13.5. The van der Waals surface area contributed by atoms with Crippen molar-refractivity contribution in [3.63, 3.8) is 0 Å². The summed E-state index contributed by atoms with van der Waals surface area (Å²) in [6.07, 6.45) is 0.330. The van der Waals surface area contributed by atoms with Gasteiger partial charge in [-0.2, -0.15) is 0 Å². The highest BCUT2D eigenvalue weighted by Gasteiger charge is 2.21. The normalized spacial score (nSPS) is 10.9. The Morgan fingerprint density at radius 1 is 0.758 bits per heavy atom. The summed E-state index contributed by atoms with van der Waals surface area (Å²) >= 11 is 1.57. The molecule has 5 aromatic rings. The van der Waals surface area contributed by atoms with E-state index in [1.807, 2.05) is 71.6 Å². The molecule has 1 amide bonds. The zero-order valence-electron chi connectivity index (χ0n) is 18.4. The average molecular weight is 449 g/mol. The van der Waals surface area contributed by atoms with Crippen molar-refractivity contribution in [1.29, 1.82) is 0 Å². The Balaban J connectivity index is 1.43. The Hall–Kier alpha value is -3.76. The number of para-hydroxylation sites is 1. The molecule has 0 N–H and O–H groups in total. The van der Waals surface area contributed by atoms with E-state index in [-0.39, 0.29) is 5.91 Å². The van der Waals surface area contributed by atoms with Gasteiger partial charge in [0.25, 0.3) is 0 Å². The molecule has 0 aliphatic carbocycles. The van der Waals surface area contributed by atoms with E-state index in [4.69, 9.17) is 4.98 Å². The molecule has 0 fully saturated rings. The van der Waals surface area contributed by atoms with Crippen LogP contribution in [0.25, 0.3) is 21.3 Å². The number of carbonyl (C=O) groups is 1. The van der Waals surface area contributed by atoms with Crippen molar-refractivity contribution < 1.29 is 4.79 Å². The lowest BCUT2D eigenvalue weighted by atomic mass is 10.0. The molecule has 0 radical (unpaired) electrons. The number of fused-ring (bicyclic) bond motifs is 1. The number of carbonyl (C=O) groups excluding carboxylic acids is 1. The number of rotatable bonds is 6. The standard InChI is InChI=1S/C29H24N2OS/c1-21-9-8-14-26-28(21)30-29(33-26)31(20-23-10-4-2-5-11-23)27(32)19-22-15-17-25(18-16-22)24-12-6-3-7-13-24/h2-18H,19-20H2,1H3. The van der Waals surface area contributed by atoms with Gasteiger partial charge in [-0.3, -0.25) is 9.69 Å². The zero-order valence-corrected chi connectivity index (χ0v) is 19.3. The molecule has 162 valence electrons. The molecule has 0 saturated carbocycles. The Morgan fingerprint density at radius 2 is 1.42 bits per heavy atom. The number of aromatic nitrogens is 1. The molecule has 33 heavy (non-hydrogen) atoms. The number of thiazole rings is 1. The maximum absolute atomic E-state index is 13.5. The SMILES string of the molecule is Cc1cccc2sc(N(Cc3ccccc3)C(=O)Cc3ccc(-c4ccccc4)cc3)nc12. The molecule has 0 atom stereocenters. The van der Waals surface area contributed by atoms with E-state index in [2.05, 4.69) is 43.3 Å². The molecule has 4 aromatic carbocycles. The van der Waals surface area contributed by atoms with Crippen LogP contribution in [0.5, 0.6) is 0 Å². The van der Waals surface area contributed by atoms with E-state index in [9.17, 15) is 4.79 Å². The summed E-state index contributed by atoms with van der Waals surface area (Å²) < 4.78 is 1.10. The van der Waals surface area contributed by atoms with Gasteiger partial charge in [-0.25, -0.2) is 4.98 Å². The van der Waals surface area contributed by atoms with Crippen molar-refractivity contribution >= 4 is 32.6 Å². The molecule has 0 saturated heterocycles. The summed E-state index contributed by atoms with van der Waals surface area (Å²) in [5.74, 6) is 0.0445. The van der Waals surface area contributed by atoms with Crippen LogP contribution in [0, 0.1) is 6.92 Å². The van der Waals surface area contributed by atoms with Crippen molar-refractivity contribution in [2.24, 2.45) is 0 Å². The highest BCUT2D eigenvalue weighted by molar-refractivity contribution is 7.22. The Morgan fingerprint density at radius 3 is 2.12 bits per heavy atom. The molecule has 0 bridgehead atoms. The third-order valence-corrected chi connectivity index (χ3v) is 6.78. The first-order valence-corrected chi connectivity index (χ1v) is 11.8. The molecule has 0 aliphatic heterocycles. The van der Waals surface area contributed by atoms with Gasteiger partial charge in [0, 0.05) is 0 Å². The van der Waals surface area contributed by atoms with Crippen LogP contribution in [-0.2, 0) is 17.8 Å². The van der Waals surface area contributed by atoms with Crippen LogP contribution in [0.3, 0.4) is 0 Å². The second-order valence-electron chi connectivity index (χ2n) is 8.12. The first-order chi connectivity index (χ1) is 16.2. The van der Waals surface area contributed by atoms with Gasteiger partial charge in [0.1, 0.15) is 0 Å². The summed E-state index contributed by atoms with van der Waals surface area (Å²) in [4.78, 5) is 20.2. The Bertz CT molecular complexity index is 1380. The van der Waals surface area contributed by atoms with Crippen molar-refractivity contribution in [1.82, 2.24) is 4.98 Å². The lowest BCUT2D eigenvalue weighted by Crippen LogP contribution is -2.31. The second-order valence-corrected chi connectivity index (χ2v) is 9.13. The van der Waals surface area contributed by atoms with E-state index in [1.165, 1.54) is 5.56 Å². The fourth-order valence-corrected chi connectivity index (χ4v) is 4.99. The summed E-state index contributed by atoms with van der Waals surface area (Å²) in [5, 5.41) is 0.744. The number of hydrogen-bond donors (Lipinski definition) is 0. The molecule has 0 spiro atoms. The van der Waals surface area contributed by atoms with Crippen LogP contribution in [0.2, 0.25) is 0 Å². The first kappa shape index (κ1) is 21.1. The van der Waals surface area contributed by atoms with E-state index in [1.54, 1.807) is 11.3 Å². The van der Waals surface area contributed by atoms with Gasteiger partial charge in [-0.05, 0) is 40.8 Å². The second kappa shape index (κ2) is 9.39. The molecule has 0 unspecified atom stereocenters. The van der Waals surface area contributed by atoms with Gasteiger partial charge >= 0.3 is 0 Å². The number of benzene rings is 4. The van der Waals surface area contributed by atoms with Crippen molar-refractivity contribution in [2.75, 3.05) is 4.90 Å². The minimum atomic E-state index is 0.0445. The maximum Gasteiger partial charge on any atom is 0.233 e. The number of anilines is 1. The van der Waals surface area contributed by atoms with Crippen LogP contribution in [-0.4, -0.2) is 10.9 Å². The lowest BCUT2D eigenvalue weighted by Gasteiger charge is -2.20. The van der Waals surface area contributed by atoms with Crippen LogP contribution >= 0.6 is 11.3 Å². The number of hydrogen-bond acceptors (Lipinski definition) is 3. The lowest BCUT2D eigenvalue weighted by molar-refractivity contribution is -0.118. The molecular formula is C29H24N2OS. The fourth-order valence-electron chi connectivity index (χ4n) is 3.93. The zero-order chi connectivity index (χ0) is 22.6. The van der Waals surface area contributed by atoms with Crippen LogP contribution in [0.1, 0.15) is 16.7 Å². The number of aryl methyl sites for hydroxylation is 1. The van der Waals surface area contributed by atoms with E-state index >= 15 is 0 Å². The highest BCUT2D eigenvalue weighted by Crippen LogP contribution is 2.32. The van der Waals surface area contributed by atoms with Gasteiger partial charge in [0.2, 0.25) is 5.91 Å². The van der Waals surface area contributed by atoms with Crippen LogP contribution in [0.4, 0.5) is 5.13 Å². The molecule has 1 aromatic heterocycles. The number of amides is 1. The average Bonchev–Trinajstić information content (AvgIpc) is 3.29. The summed E-state index contributed by atoms with van der Waals surface area (Å²) in [7, 11) is 0. The van der Waals surface area contributed by atoms with Crippen LogP contribution in [0.15, 0.2) is 103 Å². The smallest absolute Gasteiger partial charge is 0.233 e. The minimum Gasteiger partial charge on any atom is -0.283 e. The highest BCUT2D eigenvalue weighted by atomic mass is 32.1. The first-order valence-electron chi connectivity index (χ1n) is 11.0. The molecule has 4 heteroatoms. The Kier molecular flexibility index (Phi) is 6.01. The van der Waals surface area contributed by atoms with Gasteiger partial charge in [-0.15, -0.1) is 0 Å². The largest absolute Gasteiger partial charge is 0.283 e. The topological polar surface area (TPSA) is 33.2 Å². The van der Waals surface area contributed by atoms with E-state index < -0.39 is 0 Å². The van der Waals surface area contributed by atoms with Gasteiger partial charge in [-0.1, -0.05) is 108 Å². The third kappa shape index (κ3) is 4.71. The molecular weight excluding hydrogens is 424 g/mol. The quantitative estimate of drug-likeness (QED) is 0.279. The van der Waals surface area contributed by atoms with Gasteiger partial charge in [0.05, 0.1) is 23.2 Å². The summed E-state index contributed by atoms with van der Waals surface area (Å²) in [6, 6.07) is 34.8. The predicted octanol–water partition coefficient (Wildman–Crippen LogP) is 7.05. The molecule has 1 heterocycles. The third-order valence-electron chi connectivity index (χ3n) is 5.74.